The van der Waals surface area contributed by atoms with Gasteiger partial charge in [0.15, 0.2) is 0 Å². The standard InChI is InChI=1S/C25H25F2N7O2/c1-13-16(9-14(10-18(13)26)24-30-25(36-31-24)17-11-19(17)27)21-22(23(28)35)34-12-15(3-4-20(34)29-21)33-7-5-32(2)6-8-33/h3-4,9-10,12,17,19H,5-8,11H2,1-2H3,(H2,28,35)/t17-,19-/m0/s1. The highest BCUT2D eigenvalue weighted by Gasteiger charge is 2.43. The smallest absolute Gasteiger partial charge is 0.268 e. The van der Waals surface area contributed by atoms with Gasteiger partial charge >= 0.3 is 0 Å². The van der Waals surface area contributed by atoms with E-state index < -0.39 is 23.8 Å². The molecule has 6 rings (SSSR count). The minimum atomic E-state index is -0.990. The second-order valence-corrected chi connectivity index (χ2v) is 9.52. The number of hydrogen-bond donors (Lipinski definition) is 1. The molecule has 0 radical (unpaired) electrons. The van der Waals surface area contributed by atoms with Crippen molar-refractivity contribution in [3.05, 3.63) is 53.4 Å². The van der Waals surface area contributed by atoms with Gasteiger partial charge in [0.1, 0.15) is 29.0 Å². The summed E-state index contributed by atoms with van der Waals surface area (Å²) in [6, 6.07) is 6.73. The van der Waals surface area contributed by atoms with Crippen molar-refractivity contribution in [1.29, 1.82) is 0 Å². The molecule has 9 nitrogen and oxygen atoms in total. The van der Waals surface area contributed by atoms with Crippen LogP contribution in [0.3, 0.4) is 0 Å². The van der Waals surface area contributed by atoms with Gasteiger partial charge in [-0.15, -0.1) is 0 Å². The zero-order valence-electron chi connectivity index (χ0n) is 19.9. The van der Waals surface area contributed by atoms with E-state index in [4.69, 9.17) is 10.3 Å². The number of piperazine rings is 1. The van der Waals surface area contributed by atoms with Gasteiger partial charge in [-0.05, 0) is 50.2 Å². The summed E-state index contributed by atoms with van der Waals surface area (Å²) in [6.45, 7) is 5.20. The normalized spacial score (nSPS) is 20.3. The first-order chi connectivity index (χ1) is 17.3. The van der Waals surface area contributed by atoms with Crippen LogP contribution in [0.5, 0.6) is 0 Å². The van der Waals surface area contributed by atoms with Crippen molar-refractivity contribution < 1.29 is 18.1 Å². The predicted octanol–water partition coefficient (Wildman–Crippen LogP) is 3.17. The zero-order chi connectivity index (χ0) is 25.1. The van der Waals surface area contributed by atoms with Crippen LogP contribution in [0.4, 0.5) is 14.5 Å². The summed E-state index contributed by atoms with van der Waals surface area (Å²) in [7, 11) is 2.09. The molecule has 11 heteroatoms. The summed E-state index contributed by atoms with van der Waals surface area (Å²) in [6.07, 6.45) is 1.20. The summed E-state index contributed by atoms with van der Waals surface area (Å²) >= 11 is 0. The monoisotopic (exact) mass is 493 g/mol. The van der Waals surface area contributed by atoms with E-state index in [0.717, 1.165) is 31.9 Å². The Labute approximate surface area is 205 Å². The number of alkyl halides is 1. The Bertz CT molecular complexity index is 1490. The van der Waals surface area contributed by atoms with Crippen molar-refractivity contribution in [2.75, 3.05) is 38.1 Å². The van der Waals surface area contributed by atoms with Crippen molar-refractivity contribution in [3.63, 3.8) is 0 Å². The van der Waals surface area contributed by atoms with Crippen LogP contribution in [-0.4, -0.2) is 69.7 Å². The fraction of sp³-hybridized carbons (Fsp3) is 0.360. The zero-order valence-corrected chi connectivity index (χ0v) is 19.9. The molecule has 1 aromatic carbocycles. The van der Waals surface area contributed by atoms with Crippen LogP contribution in [0, 0.1) is 12.7 Å². The Morgan fingerprint density at radius 1 is 1.17 bits per heavy atom. The lowest BCUT2D eigenvalue weighted by Gasteiger charge is -2.34. The molecule has 2 atom stereocenters. The second-order valence-electron chi connectivity index (χ2n) is 9.52. The van der Waals surface area contributed by atoms with E-state index in [1.807, 2.05) is 18.3 Å². The average molecular weight is 494 g/mol. The predicted molar refractivity (Wildman–Crippen MR) is 129 cm³/mol. The first-order valence-electron chi connectivity index (χ1n) is 11.8. The van der Waals surface area contributed by atoms with Crippen molar-refractivity contribution in [3.8, 4) is 22.6 Å². The molecule has 4 heterocycles. The number of carbonyl (C=O) groups is 1. The molecule has 1 aliphatic carbocycles. The maximum atomic E-state index is 15.1. The van der Waals surface area contributed by atoms with E-state index >= 15 is 4.39 Å². The number of primary amides is 1. The van der Waals surface area contributed by atoms with Crippen molar-refractivity contribution in [2.24, 2.45) is 5.73 Å². The van der Waals surface area contributed by atoms with E-state index in [0.29, 0.717) is 28.8 Å². The molecule has 3 aromatic heterocycles. The van der Waals surface area contributed by atoms with Crippen LogP contribution >= 0.6 is 0 Å². The highest BCUT2D eigenvalue weighted by molar-refractivity contribution is 5.99. The Morgan fingerprint density at radius 3 is 2.61 bits per heavy atom. The summed E-state index contributed by atoms with van der Waals surface area (Å²) in [4.78, 5) is 26.0. The highest BCUT2D eigenvalue weighted by atomic mass is 19.1. The van der Waals surface area contributed by atoms with E-state index in [2.05, 4.69) is 32.0 Å². The van der Waals surface area contributed by atoms with Gasteiger partial charge in [0.2, 0.25) is 11.7 Å². The Balaban J connectivity index is 1.45. The number of halogens is 2. The van der Waals surface area contributed by atoms with Crippen molar-refractivity contribution in [2.45, 2.75) is 25.4 Å². The molecule has 1 saturated carbocycles. The number of likely N-dealkylation sites (N-methyl/N-ethyl adjacent to an activating group) is 1. The first kappa shape index (κ1) is 22.6. The molecule has 2 N–H and O–H groups in total. The summed E-state index contributed by atoms with van der Waals surface area (Å²) < 4.78 is 35.3. The SMILES string of the molecule is Cc1c(F)cc(-c2noc([C@H]3C[C@@H]3F)n2)cc1-c1nc2ccc(N3CCN(C)CC3)cn2c1C(N)=O. The number of fused-ring (bicyclic) bond motifs is 1. The number of rotatable bonds is 5. The first-order valence-corrected chi connectivity index (χ1v) is 11.8. The molecule has 186 valence electrons. The van der Waals surface area contributed by atoms with Gasteiger partial charge in [-0.3, -0.25) is 9.20 Å². The lowest BCUT2D eigenvalue weighted by Crippen LogP contribution is -2.44. The Morgan fingerprint density at radius 2 is 1.92 bits per heavy atom. The topological polar surface area (TPSA) is 106 Å². The van der Waals surface area contributed by atoms with Gasteiger partial charge in [-0.1, -0.05) is 5.16 Å². The molecule has 1 saturated heterocycles. The summed E-state index contributed by atoms with van der Waals surface area (Å²) in [5.41, 5.74) is 8.75. The van der Waals surface area contributed by atoms with Gasteiger partial charge < -0.3 is 20.1 Å². The molecule has 2 aliphatic rings. The number of hydrogen-bond acceptors (Lipinski definition) is 7. The fourth-order valence-corrected chi connectivity index (χ4v) is 4.68. The van der Waals surface area contributed by atoms with E-state index in [1.165, 1.54) is 6.07 Å². The Hall–Kier alpha value is -3.86. The van der Waals surface area contributed by atoms with Crippen LogP contribution in [0.15, 0.2) is 35.0 Å². The quantitative estimate of drug-likeness (QED) is 0.455. The molecule has 1 aliphatic heterocycles. The maximum Gasteiger partial charge on any atom is 0.268 e. The highest BCUT2D eigenvalue weighted by Crippen LogP contribution is 2.43. The summed E-state index contributed by atoms with van der Waals surface area (Å²) in [5.74, 6) is -1.26. The number of amides is 1. The maximum absolute atomic E-state index is 15.1. The minimum Gasteiger partial charge on any atom is -0.368 e. The lowest BCUT2D eigenvalue weighted by molar-refractivity contribution is 0.0995. The average Bonchev–Trinajstić information content (AvgIpc) is 3.25. The van der Waals surface area contributed by atoms with Gasteiger partial charge in [0.25, 0.3) is 5.91 Å². The van der Waals surface area contributed by atoms with Crippen molar-refractivity contribution in [1.82, 2.24) is 24.4 Å². The Kier molecular flexibility index (Phi) is 5.25. The van der Waals surface area contributed by atoms with Gasteiger partial charge in [0, 0.05) is 43.5 Å². The summed E-state index contributed by atoms with van der Waals surface area (Å²) in [5, 5.41) is 3.91. The number of pyridine rings is 1. The van der Waals surface area contributed by atoms with Crippen molar-refractivity contribution >= 4 is 17.2 Å². The minimum absolute atomic E-state index is 0.144. The molecule has 4 aromatic rings. The number of aromatic nitrogens is 4. The number of nitrogens with zero attached hydrogens (tertiary/aromatic N) is 6. The third kappa shape index (κ3) is 3.79. The van der Waals surface area contributed by atoms with E-state index in [1.54, 1.807) is 17.4 Å². The number of anilines is 1. The third-order valence-electron chi connectivity index (χ3n) is 7.03. The molecular weight excluding hydrogens is 468 g/mol. The molecule has 2 fully saturated rings. The molecule has 36 heavy (non-hydrogen) atoms. The fourth-order valence-electron chi connectivity index (χ4n) is 4.68. The molecular formula is C25H25F2N7O2. The largest absolute Gasteiger partial charge is 0.368 e. The van der Waals surface area contributed by atoms with Crippen LogP contribution in [0.25, 0.3) is 28.3 Å². The number of imidazole rings is 1. The molecule has 0 spiro atoms. The van der Waals surface area contributed by atoms with Crippen LogP contribution in [0.2, 0.25) is 0 Å². The second kappa shape index (κ2) is 8.37. The lowest BCUT2D eigenvalue weighted by atomic mass is 9.99. The number of benzene rings is 1. The van der Waals surface area contributed by atoms with E-state index in [-0.39, 0.29) is 23.1 Å². The van der Waals surface area contributed by atoms with Gasteiger partial charge in [-0.2, -0.15) is 4.98 Å². The third-order valence-corrected chi connectivity index (χ3v) is 7.03. The van der Waals surface area contributed by atoms with Gasteiger partial charge in [-0.25, -0.2) is 13.8 Å². The number of nitrogens with two attached hydrogens (primary N) is 1. The molecule has 0 bridgehead atoms. The van der Waals surface area contributed by atoms with Gasteiger partial charge in [0.05, 0.1) is 11.6 Å². The van der Waals surface area contributed by atoms with Crippen LogP contribution in [0.1, 0.15) is 34.3 Å². The molecule has 0 unspecified atom stereocenters. The van der Waals surface area contributed by atoms with Crippen LogP contribution < -0.4 is 10.6 Å². The molecule has 1 amide bonds. The van der Waals surface area contributed by atoms with Crippen LogP contribution in [-0.2, 0) is 0 Å². The van der Waals surface area contributed by atoms with E-state index in [9.17, 15) is 9.18 Å². The number of carbonyl (C=O) groups excluding carboxylic acids is 1.